The van der Waals surface area contributed by atoms with E-state index in [-0.39, 0.29) is 5.78 Å². The molecule has 1 aromatic carbocycles. The van der Waals surface area contributed by atoms with Gasteiger partial charge in [-0.25, -0.2) is 0 Å². The molecule has 0 aromatic heterocycles. The summed E-state index contributed by atoms with van der Waals surface area (Å²) >= 11 is 2.04. The summed E-state index contributed by atoms with van der Waals surface area (Å²) in [6.07, 6.45) is 1.19. The average molecular weight is 263 g/mol. The zero-order valence-corrected chi connectivity index (χ0v) is 12.0. The molecule has 2 rings (SSSR count). The average Bonchev–Trinajstić information content (AvgIpc) is 2.39. The highest BCUT2D eigenvalue weighted by Gasteiger charge is 2.21. The van der Waals surface area contributed by atoms with Crippen LogP contribution in [0.3, 0.4) is 0 Å². The van der Waals surface area contributed by atoms with Crippen LogP contribution in [0.1, 0.15) is 29.3 Å². The summed E-state index contributed by atoms with van der Waals surface area (Å²) in [5.74, 6) is 1.40. The second-order valence-corrected chi connectivity index (χ2v) is 6.34. The molecule has 1 fully saturated rings. The van der Waals surface area contributed by atoms with E-state index in [0.29, 0.717) is 11.8 Å². The van der Waals surface area contributed by atoms with Crippen molar-refractivity contribution in [2.45, 2.75) is 25.5 Å². The fourth-order valence-electron chi connectivity index (χ4n) is 2.28. The molecule has 0 radical (unpaired) electrons. The number of rotatable bonds is 4. The molecule has 1 atom stereocenters. The van der Waals surface area contributed by atoms with Gasteiger partial charge in [0.15, 0.2) is 5.78 Å². The number of Topliss-reactive ketones (excluding diaryl/α,β-unsaturated/α-hetero) is 1. The zero-order valence-electron chi connectivity index (χ0n) is 11.2. The van der Waals surface area contributed by atoms with Crippen molar-refractivity contribution in [2.24, 2.45) is 0 Å². The summed E-state index contributed by atoms with van der Waals surface area (Å²) in [5.41, 5.74) is 2.00. The van der Waals surface area contributed by atoms with Crippen molar-refractivity contribution in [3.05, 3.63) is 35.4 Å². The lowest BCUT2D eigenvalue weighted by atomic mass is 10.1. The molecule has 0 amide bonds. The van der Waals surface area contributed by atoms with E-state index in [9.17, 15) is 4.79 Å². The molecule has 1 unspecified atom stereocenters. The normalized spacial score (nSPS) is 20.9. The topological polar surface area (TPSA) is 20.3 Å². The smallest absolute Gasteiger partial charge is 0.176 e. The largest absolute Gasteiger partial charge is 0.294 e. The minimum absolute atomic E-state index is 0.250. The highest BCUT2D eigenvalue weighted by molar-refractivity contribution is 8.00. The van der Waals surface area contributed by atoms with Crippen LogP contribution in [0.4, 0.5) is 0 Å². The Hall–Kier alpha value is -0.800. The Labute approximate surface area is 114 Å². The van der Waals surface area contributed by atoms with Crippen molar-refractivity contribution in [1.82, 2.24) is 4.90 Å². The highest BCUT2D eigenvalue weighted by Crippen LogP contribution is 2.21. The quantitative estimate of drug-likeness (QED) is 0.779. The lowest BCUT2D eigenvalue weighted by Gasteiger charge is -2.31. The number of carbonyl (C=O) groups excluding carboxylic acids is 1. The molecule has 1 heterocycles. The lowest BCUT2D eigenvalue weighted by Crippen LogP contribution is -2.40. The lowest BCUT2D eigenvalue weighted by molar-refractivity contribution is 0.0932. The van der Waals surface area contributed by atoms with E-state index in [0.717, 1.165) is 30.0 Å². The first-order chi connectivity index (χ1) is 8.69. The van der Waals surface area contributed by atoms with Crippen LogP contribution in [0.15, 0.2) is 24.3 Å². The van der Waals surface area contributed by atoms with Gasteiger partial charge < -0.3 is 0 Å². The summed E-state index contributed by atoms with van der Waals surface area (Å²) in [6.45, 7) is 6.92. The van der Waals surface area contributed by atoms with E-state index in [1.807, 2.05) is 43.0 Å². The molecule has 0 aliphatic carbocycles. The number of aryl methyl sites for hydroxylation is 1. The van der Waals surface area contributed by atoms with Crippen LogP contribution in [0.25, 0.3) is 0 Å². The highest BCUT2D eigenvalue weighted by atomic mass is 32.2. The van der Waals surface area contributed by atoms with Gasteiger partial charge in [0.25, 0.3) is 0 Å². The Kier molecular flexibility index (Phi) is 4.84. The van der Waals surface area contributed by atoms with Gasteiger partial charge in [0.1, 0.15) is 0 Å². The van der Waals surface area contributed by atoms with Crippen molar-refractivity contribution >= 4 is 17.5 Å². The van der Waals surface area contributed by atoms with Crippen molar-refractivity contribution in [3.8, 4) is 0 Å². The molecule has 2 nitrogen and oxygen atoms in total. The third-order valence-electron chi connectivity index (χ3n) is 3.39. The van der Waals surface area contributed by atoms with E-state index in [4.69, 9.17) is 0 Å². The van der Waals surface area contributed by atoms with Crippen LogP contribution in [-0.4, -0.2) is 41.3 Å². The molecular formula is C15H21NOS. The number of hydrogen-bond acceptors (Lipinski definition) is 3. The van der Waals surface area contributed by atoms with Gasteiger partial charge in [-0.05, 0) is 19.4 Å². The predicted molar refractivity (Wildman–Crippen MR) is 78.5 cm³/mol. The van der Waals surface area contributed by atoms with Crippen LogP contribution in [0.5, 0.6) is 0 Å². The molecule has 0 spiro atoms. The maximum atomic E-state index is 12.2. The van der Waals surface area contributed by atoms with Crippen molar-refractivity contribution < 1.29 is 4.79 Å². The van der Waals surface area contributed by atoms with Gasteiger partial charge in [-0.2, -0.15) is 11.8 Å². The number of thioether (sulfide) groups is 1. The predicted octanol–water partition coefficient (Wildman–Crippen LogP) is 3.01. The first-order valence-corrected chi connectivity index (χ1v) is 7.67. The number of hydrogen-bond donors (Lipinski definition) is 0. The second-order valence-electron chi connectivity index (χ2n) is 4.93. The fourth-order valence-corrected chi connectivity index (χ4v) is 3.53. The summed E-state index contributed by atoms with van der Waals surface area (Å²) in [7, 11) is 0. The molecule has 1 aliphatic heterocycles. The summed E-state index contributed by atoms with van der Waals surface area (Å²) < 4.78 is 0. The maximum absolute atomic E-state index is 12.2. The van der Waals surface area contributed by atoms with Crippen LogP contribution in [0.2, 0.25) is 0 Å². The molecule has 0 bridgehead atoms. The fraction of sp³-hybridized carbons (Fsp3) is 0.533. The molecule has 3 heteroatoms. The van der Waals surface area contributed by atoms with Gasteiger partial charge in [-0.1, -0.05) is 30.7 Å². The third kappa shape index (κ3) is 3.59. The Balaban J connectivity index is 1.95. The van der Waals surface area contributed by atoms with Gasteiger partial charge in [0, 0.05) is 29.7 Å². The standard InChI is InChI=1S/C15H21NOS/c1-3-14-10-16(7-8-18-14)11-15(17)13-6-4-5-12(2)9-13/h4-6,9,14H,3,7-8,10-11H2,1-2H3. The van der Waals surface area contributed by atoms with Crippen LogP contribution >= 0.6 is 11.8 Å². The monoisotopic (exact) mass is 263 g/mol. The zero-order chi connectivity index (χ0) is 13.0. The van der Waals surface area contributed by atoms with Crippen LogP contribution in [0, 0.1) is 6.92 Å². The molecule has 1 aromatic rings. The first-order valence-electron chi connectivity index (χ1n) is 6.63. The molecule has 0 saturated carbocycles. The van der Waals surface area contributed by atoms with Gasteiger partial charge in [0.2, 0.25) is 0 Å². The van der Waals surface area contributed by atoms with E-state index < -0.39 is 0 Å². The number of carbonyl (C=O) groups is 1. The van der Waals surface area contributed by atoms with Crippen molar-refractivity contribution in [1.29, 1.82) is 0 Å². The van der Waals surface area contributed by atoms with Gasteiger partial charge in [0.05, 0.1) is 6.54 Å². The molecular weight excluding hydrogens is 242 g/mol. The van der Waals surface area contributed by atoms with E-state index in [1.54, 1.807) is 0 Å². The van der Waals surface area contributed by atoms with Crippen molar-refractivity contribution in [3.63, 3.8) is 0 Å². The van der Waals surface area contributed by atoms with Crippen LogP contribution in [-0.2, 0) is 0 Å². The Morgan fingerprint density at radius 1 is 1.50 bits per heavy atom. The maximum Gasteiger partial charge on any atom is 0.176 e. The van der Waals surface area contributed by atoms with E-state index in [2.05, 4.69) is 11.8 Å². The Bertz CT molecular complexity index is 419. The third-order valence-corrected chi connectivity index (χ3v) is 4.76. The number of nitrogens with zero attached hydrogens (tertiary/aromatic N) is 1. The Morgan fingerprint density at radius 2 is 2.33 bits per heavy atom. The Morgan fingerprint density at radius 3 is 3.06 bits per heavy atom. The summed E-state index contributed by atoms with van der Waals surface area (Å²) in [6, 6.07) is 7.90. The van der Waals surface area contributed by atoms with Gasteiger partial charge in [-0.15, -0.1) is 0 Å². The SMILES string of the molecule is CCC1CN(CC(=O)c2cccc(C)c2)CCS1. The molecule has 1 aliphatic rings. The molecule has 18 heavy (non-hydrogen) atoms. The van der Waals surface area contributed by atoms with Gasteiger partial charge in [-0.3, -0.25) is 9.69 Å². The second kappa shape index (κ2) is 6.39. The van der Waals surface area contributed by atoms with Crippen LogP contribution < -0.4 is 0 Å². The minimum atomic E-state index is 0.250. The first kappa shape index (κ1) is 13.6. The molecule has 98 valence electrons. The molecule has 1 saturated heterocycles. The van der Waals surface area contributed by atoms with E-state index >= 15 is 0 Å². The number of benzene rings is 1. The minimum Gasteiger partial charge on any atom is -0.294 e. The summed E-state index contributed by atoms with van der Waals surface area (Å²) in [4.78, 5) is 14.5. The van der Waals surface area contributed by atoms with E-state index in [1.165, 1.54) is 6.42 Å². The van der Waals surface area contributed by atoms with Gasteiger partial charge >= 0.3 is 0 Å². The molecule has 0 N–H and O–H groups in total. The number of ketones is 1. The van der Waals surface area contributed by atoms with Crippen molar-refractivity contribution in [2.75, 3.05) is 25.4 Å². The summed E-state index contributed by atoms with van der Waals surface area (Å²) in [5, 5.41) is 0.698.